The first kappa shape index (κ1) is 13.9. The van der Waals surface area contributed by atoms with Crippen LogP contribution in [0, 0.1) is 0 Å². The summed E-state index contributed by atoms with van der Waals surface area (Å²) in [6.45, 7) is -2.66. The fourth-order valence-electron chi connectivity index (χ4n) is 1.37. The third-order valence-corrected chi connectivity index (χ3v) is 2.30. The molecule has 0 spiro atoms. The van der Waals surface area contributed by atoms with E-state index >= 15 is 0 Å². The summed E-state index contributed by atoms with van der Waals surface area (Å²) in [4.78, 5) is 0. The smallest absolute Gasteiger partial charge is 0.491 e. The molecule has 0 saturated carbocycles. The van der Waals surface area contributed by atoms with Crippen LogP contribution in [-0.2, 0) is 4.74 Å². The second-order valence-corrected chi connectivity index (χ2v) is 3.86. The third kappa shape index (κ3) is 4.69. The van der Waals surface area contributed by atoms with E-state index in [9.17, 15) is 12.9 Å². The van der Waals surface area contributed by atoms with E-state index in [-0.39, 0.29) is 11.9 Å². The minimum atomic E-state index is -4.97. The van der Waals surface area contributed by atoms with Gasteiger partial charge in [-0.15, -0.1) is 5.46 Å². The van der Waals surface area contributed by atoms with Gasteiger partial charge in [0, 0.05) is 20.1 Å². The SMILES string of the molecule is COCCC(C)Oc1cccc([B-](F)(F)F)c1. The van der Waals surface area contributed by atoms with Crippen LogP contribution in [-0.4, -0.2) is 26.8 Å². The summed E-state index contributed by atoms with van der Waals surface area (Å²) >= 11 is 0. The molecular formula is C11H15BF3O2-. The van der Waals surface area contributed by atoms with Crippen LogP contribution in [0.2, 0.25) is 0 Å². The zero-order chi connectivity index (χ0) is 12.9. The highest BCUT2D eigenvalue weighted by atomic mass is 19.4. The number of rotatable bonds is 6. The van der Waals surface area contributed by atoms with Crippen molar-refractivity contribution in [2.24, 2.45) is 0 Å². The Labute approximate surface area is 98.8 Å². The molecule has 1 atom stereocenters. The second-order valence-electron chi connectivity index (χ2n) is 3.86. The second kappa shape index (κ2) is 5.96. The molecule has 0 aliphatic rings. The Balaban J connectivity index is 2.66. The van der Waals surface area contributed by atoms with Crippen LogP contribution in [0.25, 0.3) is 0 Å². The standard InChI is InChI=1S/C11H15BF3O2/c1-9(6-7-16-2)17-11-5-3-4-10(8-11)12(13,14)15/h3-5,8-9H,6-7H2,1-2H3/q-1. The molecule has 1 aromatic carbocycles. The van der Waals surface area contributed by atoms with Gasteiger partial charge in [0.25, 0.3) is 0 Å². The molecule has 2 nitrogen and oxygen atoms in total. The minimum Gasteiger partial charge on any atom is -0.491 e. The highest BCUT2D eigenvalue weighted by Crippen LogP contribution is 2.16. The van der Waals surface area contributed by atoms with Crippen LogP contribution < -0.4 is 10.2 Å². The number of benzene rings is 1. The number of methoxy groups -OCH3 is 1. The lowest BCUT2D eigenvalue weighted by Gasteiger charge is -2.18. The average molecular weight is 247 g/mol. The molecule has 1 rings (SSSR count). The number of halogens is 3. The van der Waals surface area contributed by atoms with Crippen LogP contribution in [0.3, 0.4) is 0 Å². The van der Waals surface area contributed by atoms with Crippen molar-refractivity contribution in [2.45, 2.75) is 19.4 Å². The van der Waals surface area contributed by atoms with Gasteiger partial charge in [0.1, 0.15) is 5.75 Å². The van der Waals surface area contributed by atoms with Crippen LogP contribution in [0.15, 0.2) is 24.3 Å². The Morgan fingerprint density at radius 1 is 1.29 bits per heavy atom. The molecule has 0 aliphatic heterocycles. The lowest BCUT2D eigenvalue weighted by molar-refractivity contribution is 0.135. The Kier molecular flexibility index (Phi) is 4.87. The summed E-state index contributed by atoms with van der Waals surface area (Å²) in [7, 11) is 1.57. The summed E-state index contributed by atoms with van der Waals surface area (Å²) in [5, 5.41) is 0. The van der Waals surface area contributed by atoms with Crippen molar-refractivity contribution in [1.29, 1.82) is 0 Å². The number of hydrogen-bond acceptors (Lipinski definition) is 2. The summed E-state index contributed by atoms with van der Waals surface area (Å²) in [5.74, 6) is 0.241. The van der Waals surface area contributed by atoms with E-state index in [1.807, 2.05) is 0 Å². The largest absolute Gasteiger partial charge is 0.509 e. The monoisotopic (exact) mass is 247 g/mol. The van der Waals surface area contributed by atoms with Gasteiger partial charge in [0.15, 0.2) is 0 Å². The lowest BCUT2D eigenvalue weighted by atomic mass is 9.80. The third-order valence-electron chi connectivity index (χ3n) is 2.30. The maximum Gasteiger partial charge on any atom is 0.509 e. The van der Waals surface area contributed by atoms with E-state index in [1.54, 1.807) is 14.0 Å². The van der Waals surface area contributed by atoms with Crippen LogP contribution in [0.4, 0.5) is 12.9 Å². The molecular weight excluding hydrogens is 232 g/mol. The molecule has 96 valence electrons. The number of ether oxygens (including phenoxy) is 2. The molecule has 17 heavy (non-hydrogen) atoms. The van der Waals surface area contributed by atoms with Crippen LogP contribution >= 0.6 is 0 Å². The highest BCUT2D eigenvalue weighted by molar-refractivity contribution is 6.73. The molecule has 6 heteroatoms. The quantitative estimate of drug-likeness (QED) is 0.719. The minimum absolute atomic E-state index is 0.175. The van der Waals surface area contributed by atoms with Crippen molar-refractivity contribution in [2.75, 3.05) is 13.7 Å². The van der Waals surface area contributed by atoms with E-state index in [0.29, 0.717) is 13.0 Å². The van der Waals surface area contributed by atoms with Gasteiger partial charge in [-0.25, -0.2) is 0 Å². The van der Waals surface area contributed by atoms with Crippen molar-refractivity contribution in [1.82, 2.24) is 0 Å². The van der Waals surface area contributed by atoms with Gasteiger partial charge in [-0.3, -0.25) is 0 Å². The first-order chi connectivity index (χ1) is 7.93. The van der Waals surface area contributed by atoms with Crippen molar-refractivity contribution < 1.29 is 22.4 Å². The maximum atomic E-state index is 12.5. The maximum absolute atomic E-state index is 12.5. The summed E-state index contributed by atoms with van der Waals surface area (Å²) in [6, 6.07) is 4.95. The molecule has 0 saturated heterocycles. The Bertz CT molecular complexity index is 355. The Hall–Kier alpha value is -1.17. The van der Waals surface area contributed by atoms with E-state index < -0.39 is 12.4 Å². The molecule has 1 aromatic rings. The highest BCUT2D eigenvalue weighted by Gasteiger charge is 2.25. The van der Waals surface area contributed by atoms with E-state index in [4.69, 9.17) is 9.47 Å². The van der Waals surface area contributed by atoms with Crippen LogP contribution in [0.5, 0.6) is 5.75 Å². The van der Waals surface area contributed by atoms with Crippen LogP contribution in [0.1, 0.15) is 13.3 Å². The first-order valence-electron chi connectivity index (χ1n) is 5.39. The van der Waals surface area contributed by atoms with E-state index in [1.165, 1.54) is 12.1 Å². The predicted octanol–water partition coefficient (Wildman–Crippen LogP) is 2.54. The van der Waals surface area contributed by atoms with Crippen molar-refractivity contribution in [3.63, 3.8) is 0 Å². The summed E-state index contributed by atoms with van der Waals surface area (Å²) < 4.78 is 47.7. The van der Waals surface area contributed by atoms with E-state index in [0.717, 1.165) is 12.1 Å². The molecule has 0 amide bonds. The Morgan fingerprint density at radius 2 is 2.00 bits per heavy atom. The zero-order valence-electron chi connectivity index (χ0n) is 9.83. The summed E-state index contributed by atoms with van der Waals surface area (Å²) in [6.07, 6.45) is 0.462. The zero-order valence-corrected chi connectivity index (χ0v) is 9.83. The molecule has 0 radical (unpaired) electrons. The predicted molar refractivity (Wildman–Crippen MR) is 61.7 cm³/mol. The molecule has 0 N–H and O–H groups in total. The van der Waals surface area contributed by atoms with Gasteiger partial charge in [0.05, 0.1) is 6.10 Å². The first-order valence-corrected chi connectivity index (χ1v) is 5.39. The fraction of sp³-hybridized carbons (Fsp3) is 0.455. The molecule has 0 fully saturated rings. The fourth-order valence-corrected chi connectivity index (χ4v) is 1.37. The molecule has 1 unspecified atom stereocenters. The topological polar surface area (TPSA) is 18.5 Å². The molecule has 0 heterocycles. The van der Waals surface area contributed by atoms with Gasteiger partial charge in [-0.2, -0.15) is 0 Å². The van der Waals surface area contributed by atoms with Crippen molar-refractivity contribution >= 4 is 12.4 Å². The van der Waals surface area contributed by atoms with Gasteiger partial charge in [0.2, 0.25) is 0 Å². The lowest BCUT2D eigenvalue weighted by Crippen LogP contribution is -2.33. The summed E-state index contributed by atoms with van der Waals surface area (Å²) in [5.41, 5.74) is -0.638. The number of hydrogen-bond donors (Lipinski definition) is 0. The molecule has 0 bridgehead atoms. The van der Waals surface area contributed by atoms with Crippen molar-refractivity contribution in [3.05, 3.63) is 24.3 Å². The van der Waals surface area contributed by atoms with Gasteiger partial charge >= 0.3 is 6.98 Å². The van der Waals surface area contributed by atoms with Gasteiger partial charge in [-0.05, 0) is 19.1 Å². The van der Waals surface area contributed by atoms with E-state index in [2.05, 4.69) is 0 Å². The normalized spacial score (nSPS) is 13.5. The van der Waals surface area contributed by atoms with Gasteiger partial charge < -0.3 is 22.4 Å². The average Bonchev–Trinajstić information content (AvgIpc) is 2.25. The molecule has 0 aromatic heterocycles. The van der Waals surface area contributed by atoms with Gasteiger partial charge in [-0.1, -0.05) is 12.1 Å². The Morgan fingerprint density at radius 3 is 2.59 bits per heavy atom. The molecule has 0 aliphatic carbocycles. The van der Waals surface area contributed by atoms with Crippen molar-refractivity contribution in [3.8, 4) is 5.75 Å².